The maximum atomic E-state index is 12.2. The molecule has 1 aromatic heterocycles. The van der Waals surface area contributed by atoms with Gasteiger partial charge in [0.2, 0.25) is 0 Å². The summed E-state index contributed by atoms with van der Waals surface area (Å²) >= 11 is 1.46. The molecule has 0 radical (unpaired) electrons. The Labute approximate surface area is 144 Å². The number of thiophene rings is 1. The second kappa shape index (κ2) is 7.34. The van der Waals surface area contributed by atoms with Crippen molar-refractivity contribution in [1.82, 2.24) is 10.6 Å². The van der Waals surface area contributed by atoms with E-state index in [4.69, 9.17) is 4.74 Å². The number of anilines is 1. The minimum absolute atomic E-state index is 0.330. The van der Waals surface area contributed by atoms with Crippen LogP contribution in [0.15, 0.2) is 24.3 Å². The fourth-order valence-corrected chi connectivity index (χ4v) is 3.88. The number of benzene rings is 1. The summed E-state index contributed by atoms with van der Waals surface area (Å²) in [5.74, 6) is 0.730. The molecule has 0 aliphatic carbocycles. The van der Waals surface area contributed by atoms with E-state index in [2.05, 4.69) is 22.0 Å². The Hall–Kier alpha value is -2.56. The Morgan fingerprint density at radius 3 is 3.08 bits per heavy atom. The summed E-state index contributed by atoms with van der Waals surface area (Å²) in [6.45, 7) is 1.96. The number of carbonyl (C=O) groups excluding carboxylic acids is 1. The molecule has 0 spiro atoms. The van der Waals surface area contributed by atoms with Crippen molar-refractivity contribution in [1.29, 1.82) is 5.26 Å². The lowest BCUT2D eigenvalue weighted by molar-refractivity contribution is 0.251. The average Bonchev–Trinajstić information content (AvgIpc) is 2.97. The Balaban J connectivity index is 1.67. The predicted octanol–water partition coefficient (Wildman–Crippen LogP) is 2.60. The summed E-state index contributed by atoms with van der Waals surface area (Å²) in [5.41, 5.74) is 2.54. The zero-order valence-corrected chi connectivity index (χ0v) is 14.1. The molecule has 124 valence electrons. The van der Waals surface area contributed by atoms with Crippen LogP contribution in [0.5, 0.6) is 5.75 Å². The first kappa shape index (κ1) is 16.3. The first-order valence-electron chi connectivity index (χ1n) is 7.65. The molecule has 1 aliphatic heterocycles. The van der Waals surface area contributed by atoms with Crippen molar-refractivity contribution in [2.45, 2.75) is 19.5 Å². The molecule has 6 nitrogen and oxygen atoms in total. The molecule has 0 fully saturated rings. The number of nitrogens with one attached hydrogen (secondary N) is 3. The van der Waals surface area contributed by atoms with Gasteiger partial charge in [-0.25, -0.2) is 4.79 Å². The SMILES string of the molecule is COc1ccccc1CNC(=O)Nc1sc2c(c1C#N)CCNC2. The highest BCUT2D eigenvalue weighted by atomic mass is 32.1. The Bertz CT molecular complexity index is 794. The van der Waals surface area contributed by atoms with Crippen LogP contribution in [0.2, 0.25) is 0 Å². The molecule has 1 aliphatic rings. The number of fused-ring (bicyclic) bond motifs is 1. The monoisotopic (exact) mass is 342 g/mol. The first-order chi connectivity index (χ1) is 11.7. The Morgan fingerprint density at radius 1 is 1.46 bits per heavy atom. The van der Waals surface area contributed by atoms with Crippen LogP contribution in [0.1, 0.15) is 21.6 Å². The van der Waals surface area contributed by atoms with Gasteiger partial charge < -0.3 is 15.4 Å². The van der Waals surface area contributed by atoms with Crippen molar-refractivity contribution in [3.8, 4) is 11.8 Å². The van der Waals surface area contributed by atoms with Crippen molar-refractivity contribution >= 4 is 22.4 Å². The third-order valence-corrected chi connectivity index (χ3v) is 5.05. The molecule has 0 saturated carbocycles. The van der Waals surface area contributed by atoms with Crippen LogP contribution in [-0.2, 0) is 19.5 Å². The molecule has 24 heavy (non-hydrogen) atoms. The molecule has 1 aromatic carbocycles. The quantitative estimate of drug-likeness (QED) is 0.797. The van der Waals surface area contributed by atoms with E-state index in [0.717, 1.165) is 41.3 Å². The number of nitriles is 1. The van der Waals surface area contributed by atoms with Crippen LogP contribution < -0.4 is 20.7 Å². The lowest BCUT2D eigenvalue weighted by Crippen LogP contribution is -2.28. The highest BCUT2D eigenvalue weighted by Gasteiger charge is 2.21. The molecule has 0 unspecified atom stereocenters. The van der Waals surface area contributed by atoms with E-state index in [1.54, 1.807) is 7.11 Å². The molecule has 2 heterocycles. The number of rotatable bonds is 4. The summed E-state index contributed by atoms with van der Waals surface area (Å²) in [6.07, 6.45) is 0.819. The van der Waals surface area contributed by atoms with E-state index in [1.165, 1.54) is 11.3 Å². The van der Waals surface area contributed by atoms with Gasteiger partial charge in [-0.2, -0.15) is 5.26 Å². The Kier molecular flexibility index (Phi) is 4.99. The lowest BCUT2D eigenvalue weighted by atomic mass is 10.1. The van der Waals surface area contributed by atoms with Crippen LogP contribution >= 0.6 is 11.3 Å². The van der Waals surface area contributed by atoms with Crippen molar-refractivity contribution < 1.29 is 9.53 Å². The number of urea groups is 1. The van der Waals surface area contributed by atoms with Gasteiger partial charge in [-0.15, -0.1) is 11.3 Å². The van der Waals surface area contributed by atoms with Crippen LogP contribution in [-0.4, -0.2) is 19.7 Å². The van der Waals surface area contributed by atoms with Gasteiger partial charge in [-0.1, -0.05) is 18.2 Å². The van der Waals surface area contributed by atoms with Crippen molar-refractivity contribution in [3.05, 3.63) is 45.8 Å². The molecular weight excluding hydrogens is 324 g/mol. The normalized spacial score (nSPS) is 12.8. The van der Waals surface area contributed by atoms with Crippen LogP contribution in [0.3, 0.4) is 0 Å². The highest BCUT2D eigenvalue weighted by molar-refractivity contribution is 7.16. The largest absolute Gasteiger partial charge is 0.496 e. The van der Waals surface area contributed by atoms with Crippen molar-refractivity contribution in [2.24, 2.45) is 0 Å². The van der Waals surface area contributed by atoms with E-state index in [1.807, 2.05) is 24.3 Å². The molecule has 0 bridgehead atoms. The number of methoxy groups -OCH3 is 1. The number of para-hydroxylation sites is 1. The summed E-state index contributed by atoms with van der Waals surface area (Å²) < 4.78 is 5.27. The van der Waals surface area contributed by atoms with Gasteiger partial charge >= 0.3 is 6.03 Å². The molecule has 0 saturated heterocycles. The summed E-state index contributed by atoms with van der Waals surface area (Å²) in [6, 6.07) is 9.42. The Morgan fingerprint density at radius 2 is 2.29 bits per heavy atom. The molecule has 3 rings (SSSR count). The maximum Gasteiger partial charge on any atom is 0.320 e. The third kappa shape index (κ3) is 3.35. The van der Waals surface area contributed by atoms with Crippen molar-refractivity contribution in [3.63, 3.8) is 0 Å². The van der Waals surface area contributed by atoms with Gasteiger partial charge in [0.15, 0.2) is 0 Å². The lowest BCUT2D eigenvalue weighted by Gasteiger charge is -2.11. The topological polar surface area (TPSA) is 86.2 Å². The second-order valence-corrected chi connectivity index (χ2v) is 6.47. The van der Waals surface area contributed by atoms with Crippen LogP contribution in [0.4, 0.5) is 9.80 Å². The number of amides is 2. The zero-order valence-electron chi connectivity index (χ0n) is 13.3. The number of hydrogen-bond acceptors (Lipinski definition) is 5. The smallest absolute Gasteiger partial charge is 0.320 e. The van der Waals surface area contributed by atoms with E-state index in [0.29, 0.717) is 17.1 Å². The molecule has 0 atom stereocenters. The average molecular weight is 342 g/mol. The van der Waals surface area contributed by atoms with E-state index in [-0.39, 0.29) is 6.03 Å². The van der Waals surface area contributed by atoms with Gasteiger partial charge in [0.05, 0.1) is 12.7 Å². The molecule has 3 N–H and O–H groups in total. The summed E-state index contributed by atoms with van der Waals surface area (Å²) in [7, 11) is 1.60. The van der Waals surface area contributed by atoms with Crippen LogP contribution in [0, 0.1) is 11.3 Å². The highest BCUT2D eigenvalue weighted by Crippen LogP contribution is 2.34. The minimum Gasteiger partial charge on any atom is -0.496 e. The van der Waals surface area contributed by atoms with Crippen LogP contribution in [0.25, 0.3) is 0 Å². The number of ether oxygens (including phenoxy) is 1. The summed E-state index contributed by atoms with van der Waals surface area (Å²) in [5, 5.41) is 18.9. The fourth-order valence-electron chi connectivity index (χ4n) is 2.71. The van der Waals surface area contributed by atoms with E-state index < -0.39 is 0 Å². The van der Waals surface area contributed by atoms with Gasteiger partial charge in [0.1, 0.15) is 16.8 Å². The summed E-state index contributed by atoms with van der Waals surface area (Å²) in [4.78, 5) is 13.3. The van der Waals surface area contributed by atoms with Gasteiger partial charge in [0, 0.05) is 23.5 Å². The predicted molar refractivity (Wildman–Crippen MR) is 93.3 cm³/mol. The number of carbonyl (C=O) groups is 1. The van der Waals surface area contributed by atoms with Gasteiger partial charge in [-0.05, 0) is 24.6 Å². The first-order valence-corrected chi connectivity index (χ1v) is 8.46. The number of nitrogens with zero attached hydrogens (tertiary/aromatic N) is 1. The zero-order chi connectivity index (χ0) is 16.9. The van der Waals surface area contributed by atoms with Gasteiger partial charge in [-0.3, -0.25) is 5.32 Å². The molecule has 2 aromatic rings. The van der Waals surface area contributed by atoms with E-state index in [9.17, 15) is 10.1 Å². The standard InChI is InChI=1S/C17H18N4O2S/c1-23-14-5-3-2-4-11(14)9-20-17(22)21-16-13(8-18)12-6-7-19-10-15(12)24-16/h2-5,19H,6-7,9-10H2,1H3,(H2,20,21,22). The van der Waals surface area contributed by atoms with Gasteiger partial charge in [0.25, 0.3) is 0 Å². The molecule has 7 heteroatoms. The van der Waals surface area contributed by atoms with Crippen molar-refractivity contribution in [2.75, 3.05) is 19.0 Å². The third-order valence-electron chi connectivity index (χ3n) is 3.90. The maximum absolute atomic E-state index is 12.2. The molecular formula is C17H18N4O2S. The fraction of sp³-hybridized carbons (Fsp3) is 0.294. The molecule has 2 amide bonds. The second-order valence-electron chi connectivity index (χ2n) is 5.37. The number of hydrogen-bond donors (Lipinski definition) is 3. The minimum atomic E-state index is -0.330. The van der Waals surface area contributed by atoms with E-state index >= 15 is 0 Å².